The Labute approximate surface area is 56.4 Å². The summed E-state index contributed by atoms with van der Waals surface area (Å²) in [6.45, 7) is 4.19. The van der Waals surface area contributed by atoms with Crippen molar-refractivity contribution in [2.45, 2.75) is 26.7 Å². The molecule has 0 amide bonds. The van der Waals surface area contributed by atoms with Gasteiger partial charge in [-0.25, -0.2) is 0 Å². The van der Waals surface area contributed by atoms with Gasteiger partial charge in [0.2, 0.25) is 0 Å². The normalized spacial score (nSPS) is 25.1. The topological polar surface area (TPSA) is 17.1 Å². The molecule has 1 aliphatic rings. The average molecular weight is 126 g/mol. The van der Waals surface area contributed by atoms with E-state index in [0.29, 0.717) is 5.92 Å². The summed E-state index contributed by atoms with van der Waals surface area (Å²) in [6, 6.07) is 0. The molecule has 0 heterocycles. The third-order valence-corrected chi connectivity index (χ3v) is 2.41. The summed E-state index contributed by atoms with van der Waals surface area (Å²) in [6.07, 6.45) is 3.77. The second-order valence-corrected chi connectivity index (χ2v) is 3.19. The fourth-order valence-electron chi connectivity index (χ4n) is 1.18. The Kier molecular flexibility index (Phi) is 1.89. The Morgan fingerprint density at radius 3 is 2.33 bits per heavy atom. The van der Waals surface area contributed by atoms with Crippen molar-refractivity contribution in [3.05, 3.63) is 0 Å². The minimum atomic E-state index is 0.275. The van der Waals surface area contributed by atoms with Crippen LogP contribution in [0.15, 0.2) is 0 Å². The van der Waals surface area contributed by atoms with Gasteiger partial charge < -0.3 is 4.79 Å². The maximum Gasteiger partial charge on any atom is 0.123 e. The van der Waals surface area contributed by atoms with Gasteiger partial charge >= 0.3 is 0 Å². The first-order chi connectivity index (χ1) is 4.25. The number of carbonyl (C=O) groups excluding carboxylic acids is 1. The van der Waals surface area contributed by atoms with Gasteiger partial charge in [-0.3, -0.25) is 0 Å². The molecule has 0 aromatic rings. The summed E-state index contributed by atoms with van der Waals surface area (Å²) in [4.78, 5) is 10.3. The van der Waals surface area contributed by atoms with Crippen LogP contribution in [0.2, 0.25) is 0 Å². The summed E-state index contributed by atoms with van der Waals surface area (Å²) in [5.41, 5.74) is 0. The van der Waals surface area contributed by atoms with Crippen LogP contribution in [0.25, 0.3) is 0 Å². The fraction of sp³-hybridized carbons (Fsp3) is 0.875. The molecule has 1 rings (SSSR count). The fourth-order valence-corrected chi connectivity index (χ4v) is 1.18. The monoisotopic (exact) mass is 126 g/mol. The molecular weight excluding hydrogens is 112 g/mol. The van der Waals surface area contributed by atoms with Gasteiger partial charge in [0.1, 0.15) is 6.29 Å². The predicted molar refractivity (Wildman–Crippen MR) is 37.1 cm³/mol. The smallest absolute Gasteiger partial charge is 0.123 e. The molecule has 52 valence electrons. The van der Waals surface area contributed by atoms with E-state index in [-0.39, 0.29) is 5.92 Å². The summed E-state index contributed by atoms with van der Waals surface area (Å²) in [5.74, 6) is 1.77. The molecule has 1 aliphatic carbocycles. The highest BCUT2D eigenvalue weighted by Crippen LogP contribution is 2.39. The van der Waals surface area contributed by atoms with Crippen LogP contribution in [0, 0.1) is 17.8 Å². The van der Waals surface area contributed by atoms with E-state index in [4.69, 9.17) is 0 Å². The molecule has 2 atom stereocenters. The van der Waals surface area contributed by atoms with Crippen molar-refractivity contribution in [3.63, 3.8) is 0 Å². The standard InChI is InChI=1S/C8H14O/c1-6(5-9)7(2)8-3-4-8/h5-8H,3-4H2,1-2H3. The summed E-state index contributed by atoms with van der Waals surface area (Å²) in [7, 11) is 0. The Morgan fingerprint density at radius 1 is 1.44 bits per heavy atom. The van der Waals surface area contributed by atoms with E-state index >= 15 is 0 Å². The number of hydrogen-bond acceptors (Lipinski definition) is 1. The highest BCUT2D eigenvalue weighted by Gasteiger charge is 2.30. The van der Waals surface area contributed by atoms with Crippen LogP contribution in [-0.2, 0) is 4.79 Å². The third-order valence-electron chi connectivity index (χ3n) is 2.41. The molecule has 9 heavy (non-hydrogen) atoms. The number of rotatable bonds is 3. The lowest BCUT2D eigenvalue weighted by atomic mass is 9.93. The Morgan fingerprint density at radius 2 is 2.00 bits per heavy atom. The first-order valence-corrected chi connectivity index (χ1v) is 3.71. The minimum Gasteiger partial charge on any atom is -0.303 e. The van der Waals surface area contributed by atoms with Gasteiger partial charge in [-0.2, -0.15) is 0 Å². The lowest BCUT2D eigenvalue weighted by Gasteiger charge is -2.11. The quantitative estimate of drug-likeness (QED) is 0.527. The number of aldehydes is 1. The van der Waals surface area contributed by atoms with Crippen molar-refractivity contribution in [3.8, 4) is 0 Å². The van der Waals surface area contributed by atoms with Crippen molar-refractivity contribution in [1.29, 1.82) is 0 Å². The SMILES string of the molecule is CC(C=O)C(C)C1CC1. The zero-order valence-corrected chi connectivity index (χ0v) is 6.13. The molecule has 0 bridgehead atoms. The average Bonchev–Trinajstić information content (AvgIpc) is 2.66. The van der Waals surface area contributed by atoms with Crippen LogP contribution >= 0.6 is 0 Å². The third kappa shape index (κ3) is 1.54. The molecule has 2 unspecified atom stereocenters. The van der Waals surface area contributed by atoms with Gasteiger partial charge in [-0.05, 0) is 24.7 Å². The molecule has 0 spiro atoms. The van der Waals surface area contributed by atoms with Crippen LogP contribution in [0.5, 0.6) is 0 Å². The van der Waals surface area contributed by atoms with Crippen molar-refractivity contribution < 1.29 is 4.79 Å². The van der Waals surface area contributed by atoms with Crippen LogP contribution in [0.3, 0.4) is 0 Å². The van der Waals surface area contributed by atoms with Gasteiger partial charge in [-0.1, -0.05) is 13.8 Å². The van der Waals surface area contributed by atoms with E-state index in [0.717, 1.165) is 12.2 Å². The van der Waals surface area contributed by atoms with Gasteiger partial charge in [0.15, 0.2) is 0 Å². The van der Waals surface area contributed by atoms with Gasteiger partial charge in [0.05, 0.1) is 0 Å². The van der Waals surface area contributed by atoms with Crippen LogP contribution in [0.4, 0.5) is 0 Å². The van der Waals surface area contributed by atoms with E-state index in [1.54, 1.807) is 0 Å². The number of carbonyl (C=O) groups is 1. The number of hydrogen-bond donors (Lipinski definition) is 0. The van der Waals surface area contributed by atoms with Crippen LogP contribution < -0.4 is 0 Å². The molecule has 1 fully saturated rings. The van der Waals surface area contributed by atoms with E-state index < -0.39 is 0 Å². The lowest BCUT2D eigenvalue weighted by molar-refractivity contribution is -0.112. The predicted octanol–water partition coefficient (Wildman–Crippen LogP) is 1.87. The van der Waals surface area contributed by atoms with Crippen molar-refractivity contribution >= 4 is 6.29 Å². The first kappa shape index (κ1) is 6.79. The molecule has 1 saturated carbocycles. The molecule has 1 nitrogen and oxygen atoms in total. The zero-order valence-electron chi connectivity index (χ0n) is 6.13. The molecule has 0 N–H and O–H groups in total. The second kappa shape index (κ2) is 2.51. The Bertz CT molecular complexity index is 105. The summed E-state index contributed by atoms with van der Waals surface area (Å²) >= 11 is 0. The van der Waals surface area contributed by atoms with Gasteiger partial charge in [0.25, 0.3) is 0 Å². The highest BCUT2D eigenvalue weighted by molar-refractivity contribution is 5.53. The second-order valence-electron chi connectivity index (χ2n) is 3.19. The van der Waals surface area contributed by atoms with Crippen LogP contribution in [-0.4, -0.2) is 6.29 Å². The summed E-state index contributed by atoms with van der Waals surface area (Å²) in [5, 5.41) is 0. The molecule has 0 saturated heterocycles. The largest absolute Gasteiger partial charge is 0.303 e. The summed E-state index contributed by atoms with van der Waals surface area (Å²) < 4.78 is 0. The zero-order chi connectivity index (χ0) is 6.85. The molecule has 0 aliphatic heterocycles. The molecule has 0 aromatic carbocycles. The Balaban J connectivity index is 2.30. The van der Waals surface area contributed by atoms with E-state index in [9.17, 15) is 4.79 Å². The van der Waals surface area contributed by atoms with E-state index in [1.807, 2.05) is 6.92 Å². The highest BCUT2D eigenvalue weighted by atomic mass is 16.1. The molecule has 1 heteroatoms. The maximum absolute atomic E-state index is 10.3. The molecule has 0 radical (unpaired) electrons. The van der Waals surface area contributed by atoms with Crippen molar-refractivity contribution in [1.82, 2.24) is 0 Å². The minimum absolute atomic E-state index is 0.275. The van der Waals surface area contributed by atoms with Crippen molar-refractivity contribution in [2.75, 3.05) is 0 Å². The molecule has 0 aromatic heterocycles. The maximum atomic E-state index is 10.3. The van der Waals surface area contributed by atoms with Crippen LogP contribution in [0.1, 0.15) is 26.7 Å². The van der Waals surface area contributed by atoms with E-state index in [2.05, 4.69) is 6.92 Å². The lowest BCUT2D eigenvalue weighted by Crippen LogP contribution is -2.10. The van der Waals surface area contributed by atoms with Gasteiger partial charge in [-0.15, -0.1) is 0 Å². The van der Waals surface area contributed by atoms with Gasteiger partial charge in [0, 0.05) is 5.92 Å². The van der Waals surface area contributed by atoms with E-state index in [1.165, 1.54) is 12.8 Å². The first-order valence-electron chi connectivity index (χ1n) is 3.71. The molecular formula is C8H14O. The van der Waals surface area contributed by atoms with Crippen molar-refractivity contribution in [2.24, 2.45) is 17.8 Å². The Hall–Kier alpha value is -0.330.